The minimum atomic E-state index is -0.0121. The Kier molecular flexibility index (Phi) is 4.88. The van der Waals surface area contributed by atoms with E-state index in [9.17, 15) is 9.59 Å². The van der Waals surface area contributed by atoms with Gasteiger partial charge < -0.3 is 9.80 Å². The van der Waals surface area contributed by atoms with Crippen LogP contribution in [0.25, 0.3) is 0 Å². The van der Waals surface area contributed by atoms with Crippen molar-refractivity contribution in [2.24, 2.45) is 5.92 Å². The average Bonchev–Trinajstić information content (AvgIpc) is 3.09. The van der Waals surface area contributed by atoms with E-state index in [1.54, 1.807) is 19.3 Å². The summed E-state index contributed by atoms with van der Waals surface area (Å²) in [7, 11) is 0. The van der Waals surface area contributed by atoms with Crippen LogP contribution < -0.4 is 0 Å². The molecule has 0 unspecified atom stereocenters. The van der Waals surface area contributed by atoms with E-state index in [4.69, 9.17) is 0 Å². The third-order valence-corrected chi connectivity index (χ3v) is 4.78. The number of hydrogen-bond donors (Lipinski definition) is 0. The highest BCUT2D eigenvalue weighted by molar-refractivity contribution is 5.92. The van der Waals surface area contributed by atoms with Crippen LogP contribution in [0.15, 0.2) is 12.4 Å². The van der Waals surface area contributed by atoms with Crippen LogP contribution in [0.3, 0.4) is 0 Å². The summed E-state index contributed by atoms with van der Waals surface area (Å²) >= 11 is 0. The summed E-state index contributed by atoms with van der Waals surface area (Å²) in [6.45, 7) is 4.93. The molecular formula is C17H24N4O2. The van der Waals surface area contributed by atoms with Gasteiger partial charge in [-0.3, -0.25) is 14.6 Å². The summed E-state index contributed by atoms with van der Waals surface area (Å²) in [5.41, 5.74) is 1.34. The second-order valence-corrected chi connectivity index (χ2v) is 6.57. The molecule has 2 saturated heterocycles. The van der Waals surface area contributed by atoms with Crippen molar-refractivity contribution in [3.63, 3.8) is 0 Å². The van der Waals surface area contributed by atoms with E-state index in [0.717, 1.165) is 64.0 Å². The summed E-state index contributed by atoms with van der Waals surface area (Å²) in [6, 6.07) is 0. The molecule has 0 radical (unpaired) electrons. The summed E-state index contributed by atoms with van der Waals surface area (Å²) < 4.78 is 0. The van der Waals surface area contributed by atoms with Crippen molar-refractivity contribution in [1.82, 2.24) is 19.8 Å². The van der Waals surface area contributed by atoms with Gasteiger partial charge >= 0.3 is 0 Å². The Bertz CT molecular complexity index is 566. The molecule has 23 heavy (non-hydrogen) atoms. The monoisotopic (exact) mass is 316 g/mol. The molecular weight excluding hydrogens is 292 g/mol. The molecule has 6 heteroatoms. The van der Waals surface area contributed by atoms with Gasteiger partial charge in [-0.2, -0.15) is 0 Å². The minimum absolute atomic E-state index is 0.0121. The number of carbonyl (C=O) groups is 2. The molecule has 0 N–H and O–H groups in total. The lowest BCUT2D eigenvalue weighted by molar-refractivity contribution is -0.130. The molecule has 0 spiro atoms. The fraction of sp³-hybridized carbons (Fsp3) is 0.647. The molecule has 2 aliphatic rings. The molecule has 2 fully saturated rings. The van der Waals surface area contributed by atoms with E-state index < -0.39 is 0 Å². The Morgan fingerprint density at radius 2 is 1.83 bits per heavy atom. The quantitative estimate of drug-likeness (QED) is 0.848. The molecule has 3 rings (SSSR count). The Morgan fingerprint density at radius 1 is 1.09 bits per heavy atom. The van der Waals surface area contributed by atoms with Crippen molar-refractivity contribution in [3.8, 4) is 0 Å². The maximum Gasteiger partial charge on any atom is 0.274 e. The molecule has 1 aromatic heterocycles. The lowest BCUT2D eigenvalue weighted by atomic mass is 9.93. The first-order chi connectivity index (χ1) is 11.1. The van der Waals surface area contributed by atoms with E-state index >= 15 is 0 Å². The van der Waals surface area contributed by atoms with E-state index in [-0.39, 0.29) is 11.8 Å². The minimum Gasteiger partial charge on any atom is -0.343 e. The largest absolute Gasteiger partial charge is 0.343 e. The van der Waals surface area contributed by atoms with Crippen LogP contribution in [-0.2, 0) is 11.2 Å². The predicted octanol–water partition coefficient (Wildman–Crippen LogP) is 1.51. The van der Waals surface area contributed by atoms with Crippen LogP contribution in [-0.4, -0.2) is 57.8 Å². The van der Waals surface area contributed by atoms with Crippen LogP contribution in [0.4, 0.5) is 0 Å². The molecule has 2 aliphatic heterocycles. The van der Waals surface area contributed by atoms with Crippen molar-refractivity contribution >= 4 is 11.8 Å². The summed E-state index contributed by atoms with van der Waals surface area (Å²) in [5, 5.41) is 0. The van der Waals surface area contributed by atoms with Gasteiger partial charge in [-0.05, 0) is 38.0 Å². The maximum absolute atomic E-state index is 12.2. The van der Waals surface area contributed by atoms with Crippen molar-refractivity contribution in [2.75, 3.05) is 26.2 Å². The normalized spacial score (nSPS) is 21.5. The van der Waals surface area contributed by atoms with E-state index in [1.165, 1.54) is 0 Å². The Labute approximate surface area is 136 Å². The number of nitrogens with zero attached hydrogens (tertiary/aromatic N) is 4. The van der Waals surface area contributed by atoms with Gasteiger partial charge in [0.05, 0.1) is 11.9 Å². The number of piperidine rings is 1. The van der Waals surface area contributed by atoms with E-state index in [0.29, 0.717) is 11.6 Å². The summed E-state index contributed by atoms with van der Waals surface area (Å²) in [6.07, 6.45) is 8.44. The van der Waals surface area contributed by atoms with Gasteiger partial charge in [0.2, 0.25) is 5.91 Å². The first-order valence-corrected chi connectivity index (χ1v) is 8.49. The SMILES string of the molecule is CC(=O)N1CCC[C@@H](Cc2cnc(C(=O)N3CCCC3)cn2)C1. The van der Waals surface area contributed by atoms with Gasteiger partial charge in [-0.1, -0.05) is 0 Å². The number of rotatable bonds is 3. The highest BCUT2D eigenvalue weighted by Crippen LogP contribution is 2.20. The topological polar surface area (TPSA) is 66.4 Å². The van der Waals surface area contributed by atoms with Gasteiger partial charge in [-0.25, -0.2) is 4.98 Å². The molecule has 2 amide bonds. The fourth-order valence-corrected chi connectivity index (χ4v) is 3.47. The average molecular weight is 316 g/mol. The van der Waals surface area contributed by atoms with Crippen molar-refractivity contribution in [1.29, 1.82) is 0 Å². The first kappa shape index (κ1) is 15.9. The lowest BCUT2D eigenvalue weighted by Crippen LogP contribution is -2.39. The van der Waals surface area contributed by atoms with Gasteiger partial charge in [-0.15, -0.1) is 0 Å². The van der Waals surface area contributed by atoms with Gasteiger partial charge in [0.25, 0.3) is 5.91 Å². The third-order valence-electron chi connectivity index (χ3n) is 4.78. The van der Waals surface area contributed by atoms with Gasteiger partial charge in [0.15, 0.2) is 0 Å². The molecule has 3 heterocycles. The van der Waals surface area contributed by atoms with E-state index in [2.05, 4.69) is 9.97 Å². The van der Waals surface area contributed by atoms with Crippen molar-refractivity contribution < 1.29 is 9.59 Å². The highest BCUT2D eigenvalue weighted by atomic mass is 16.2. The van der Waals surface area contributed by atoms with Crippen LogP contribution in [0.2, 0.25) is 0 Å². The zero-order chi connectivity index (χ0) is 16.2. The molecule has 1 aromatic rings. The van der Waals surface area contributed by atoms with Gasteiger partial charge in [0, 0.05) is 39.3 Å². The predicted molar refractivity (Wildman–Crippen MR) is 85.9 cm³/mol. The Morgan fingerprint density at radius 3 is 2.48 bits per heavy atom. The van der Waals surface area contributed by atoms with Crippen LogP contribution >= 0.6 is 0 Å². The second-order valence-electron chi connectivity index (χ2n) is 6.57. The molecule has 0 aromatic carbocycles. The Hall–Kier alpha value is -1.98. The van der Waals surface area contributed by atoms with Crippen LogP contribution in [0.5, 0.6) is 0 Å². The number of hydrogen-bond acceptors (Lipinski definition) is 4. The zero-order valence-electron chi connectivity index (χ0n) is 13.7. The summed E-state index contributed by atoms with van der Waals surface area (Å²) in [5.74, 6) is 0.566. The van der Waals surface area contributed by atoms with Crippen molar-refractivity contribution in [3.05, 3.63) is 23.8 Å². The lowest BCUT2D eigenvalue weighted by Gasteiger charge is -2.31. The molecule has 124 valence electrons. The molecule has 1 atom stereocenters. The molecule has 0 aliphatic carbocycles. The number of carbonyl (C=O) groups excluding carboxylic acids is 2. The smallest absolute Gasteiger partial charge is 0.274 e. The number of likely N-dealkylation sites (tertiary alicyclic amines) is 2. The molecule has 6 nitrogen and oxygen atoms in total. The van der Waals surface area contributed by atoms with Crippen LogP contribution in [0, 0.1) is 5.92 Å². The van der Waals surface area contributed by atoms with Crippen LogP contribution in [0.1, 0.15) is 48.8 Å². The van der Waals surface area contributed by atoms with E-state index in [1.807, 2.05) is 9.80 Å². The molecule has 0 saturated carbocycles. The maximum atomic E-state index is 12.2. The summed E-state index contributed by atoms with van der Waals surface area (Å²) in [4.78, 5) is 36.2. The number of amides is 2. The Balaban J connectivity index is 1.59. The fourth-order valence-electron chi connectivity index (χ4n) is 3.47. The zero-order valence-corrected chi connectivity index (χ0v) is 13.7. The third kappa shape index (κ3) is 3.86. The van der Waals surface area contributed by atoms with Gasteiger partial charge in [0.1, 0.15) is 5.69 Å². The second kappa shape index (κ2) is 7.06. The van der Waals surface area contributed by atoms with Crippen molar-refractivity contribution in [2.45, 2.75) is 39.0 Å². The standard InChI is InChI=1S/C17H24N4O2/c1-13(22)21-8-4-5-14(12-21)9-15-10-19-16(11-18-15)17(23)20-6-2-3-7-20/h10-11,14H,2-9,12H2,1H3/t14-/m0/s1. The first-order valence-electron chi connectivity index (χ1n) is 8.49. The molecule has 0 bridgehead atoms. The number of aromatic nitrogens is 2. The highest BCUT2D eigenvalue weighted by Gasteiger charge is 2.23.